The SMILES string of the molecule is CCOC(=O)c1cc(CC)sc1NC(=O)Cn1cc([N+](=O)[O-])ccc1=O. The minimum Gasteiger partial charge on any atom is -0.462 e. The molecule has 1 N–H and O–H groups in total. The molecular formula is C16H17N3O6S. The maximum Gasteiger partial charge on any atom is 0.341 e. The Bertz CT molecular complexity index is 902. The summed E-state index contributed by atoms with van der Waals surface area (Å²) in [5.74, 6) is -1.13. The zero-order chi connectivity index (χ0) is 19.3. The van der Waals surface area contributed by atoms with Gasteiger partial charge in [-0.2, -0.15) is 0 Å². The van der Waals surface area contributed by atoms with Crippen molar-refractivity contribution in [1.82, 2.24) is 4.57 Å². The first-order valence-electron chi connectivity index (χ1n) is 7.80. The second-order valence-electron chi connectivity index (χ2n) is 5.19. The molecule has 0 unspecified atom stereocenters. The molecule has 0 aromatic carbocycles. The number of pyridine rings is 1. The molecule has 0 spiro atoms. The molecule has 26 heavy (non-hydrogen) atoms. The topological polar surface area (TPSA) is 121 Å². The van der Waals surface area contributed by atoms with Crippen molar-refractivity contribution < 1.29 is 19.2 Å². The molecule has 2 aromatic rings. The zero-order valence-electron chi connectivity index (χ0n) is 14.2. The first kappa shape index (κ1) is 19.3. The van der Waals surface area contributed by atoms with E-state index in [1.165, 1.54) is 11.3 Å². The first-order chi connectivity index (χ1) is 12.3. The van der Waals surface area contributed by atoms with Crippen molar-refractivity contribution in [2.75, 3.05) is 11.9 Å². The monoisotopic (exact) mass is 379 g/mol. The van der Waals surface area contributed by atoms with Crippen molar-refractivity contribution in [3.8, 4) is 0 Å². The third-order valence-corrected chi connectivity index (χ3v) is 4.57. The maximum atomic E-state index is 12.3. The van der Waals surface area contributed by atoms with Crippen LogP contribution in [0.3, 0.4) is 0 Å². The molecule has 0 saturated carbocycles. The molecule has 10 heteroatoms. The van der Waals surface area contributed by atoms with Crippen LogP contribution in [0.1, 0.15) is 29.1 Å². The van der Waals surface area contributed by atoms with E-state index in [0.29, 0.717) is 11.4 Å². The van der Waals surface area contributed by atoms with Gasteiger partial charge in [0.2, 0.25) is 5.91 Å². The minimum absolute atomic E-state index is 0.201. The van der Waals surface area contributed by atoms with Crippen LogP contribution in [0.25, 0.3) is 0 Å². The Morgan fingerprint density at radius 3 is 2.69 bits per heavy atom. The predicted octanol–water partition coefficient (Wildman–Crippen LogP) is 2.20. The molecule has 9 nitrogen and oxygen atoms in total. The molecule has 2 aromatic heterocycles. The second-order valence-corrected chi connectivity index (χ2v) is 6.33. The third-order valence-electron chi connectivity index (χ3n) is 3.37. The number of amides is 1. The van der Waals surface area contributed by atoms with Crippen molar-refractivity contribution in [3.05, 3.63) is 55.3 Å². The molecule has 0 fully saturated rings. The molecule has 0 aliphatic carbocycles. The van der Waals surface area contributed by atoms with Gasteiger partial charge in [0.15, 0.2) is 0 Å². The van der Waals surface area contributed by atoms with Gasteiger partial charge in [0.1, 0.15) is 11.5 Å². The van der Waals surface area contributed by atoms with Gasteiger partial charge in [-0.1, -0.05) is 6.92 Å². The molecule has 0 atom stereocenters. The lowest BCUT2D eigenvalue weighted by Gasteiger charge is -2.07. The lowest BCUT2D eigenvalue weighted by molar-refractivity contribution is -0.385. The van der Waals surface area contributed by atoms with Gasteiger partial charge >= 0.3 is 5.97 Å². The van der Waals surface area contributed by atoms with E-state index in [2.05, 4.69) is 5.32 Å². The number of aromatic nitrogens is 1. The van der Waals surface area contributed by atoms with Crippen molar-refractivity contribution in [2.45, 2.75) is 26.8 Å². The lowest BCUT2D eigenvalue weighted by atomic mass is 10.2. The number of aryl methyl sites for hydroxylation is 1. The quantitative estimate of drug-likeness (QED) is 0.447. The van der Waals surface area contributed by atoms with Gasteiger partial charge in [-0.3, -0.25) is 24.3 Å². The Kier molecular flexibility index (Phi) is 6.23. The molecular weight excluding hydrogens is 362 g/mol. The highest BCUT2D eigenvalue weighted by Crippen LogP contribution is 2.29. The fourth-order valence-electron chi connectivity index (χ4n) is 2.14. The number of hydrogen-bond acceptors (Lipinski definition) is 7. The number of carbonyl (C=O) groups excluding carboxylic acids is 2. The number of nitrogens with one attached hydrogen (secondary N) is 1. The summed E-state index contributed by atoms with van der Waals surface area (Å²) in [6, 6.07) is 3.75. The fraction of sp³-hybridized carbons (Fsp3) is 0.312. The molecule has 2 heterocycles. The van der Waals surface area contributed by atoms with Crippen molar-refractivity contribution in [1.29, 1.82) is 0 Å². The summed E-state index contributed by atoms with van der Waals surface area (Å²) in [5, 5.41) is 13.7. The van der Waals surface area contributed by atoms with E-state index < -0.39 is 28.9 Å². The zero-order valence-corrected chi connectivity index (χ0v) is 15.0. The van der Waals surface area contributed by atoms with Crippen molar-refractivity contribution >= 4 is 33.9 Å². The summed E-state index contributed by atoms with van der Waals surface area (Å²) in [7, 11) is 0. The standard InChI is InChI=1S/C16H17N3O6S/c1-3-11-7-12(16(22)25-4-2)15(26-11)17-13(20)9-18-8-10(19(23)24)5-6-14(18)21/h5-8H,3-4,9H2,1-2H3,(H,17,20). The van der Waals surface area contributed by atoms with Gasteiger partial charge in [-0.25, -0.2) is 4.79 Å². The van der Waals surface area contributed by atoms with Crippen LogP contribution in [-0.4, -0.2) is 28.0 Å². The van der Waals surface area contributed by atoms with Crippen molar-refractivity contribution in [2.24, 2.45) is 0 Å². The summed E-state index contributed by atoms with van der Waals surface area (Å²) in [4.78, 5) is 47.1. The number of carbonyl (C=O) groups is 2. The number of esters is 1. The largest absolute Gasteiger partial charge is 0.462 e. The van der Waals surface area contributed by atoms with Gasteiger partial charge in [-0.05, 0) is 19.4 Å². The summed E-state index contributed by atoms with van der Waals surface area (Å²) >= 11 is 1.24. The predicted molar refractivity (Wildman–Crippen MR) is 95.6 cm³/mol. The number of rotatable bonds is 7. The van der Waals surface area contributed by atoms with Crippen LogP contribution < -0.4 is 10.9 Å². The Balaban J connectivity index is 2.21. The molecule has 0 bridgehead atoms. The molecule has 0 aliphatic heterocycles. The normalized spacial score (nSPS) is 10.4. The van der Waals surface area contributed by atoms with Gasteiger partial charge < -0.3 is 10.1 Å². The highest BCUT2D eigenvalue weighted by Gasteiger charge is 2.19. The van der Waals surface area contributed by atoms with Crippen LogP contribution in [-0.2, 0) is 22.5 Å². The molecule has 0 radical (unpaired) electrons. The van der Waals surface area contributed by atoms with Gasteiger partial charge in [-0.15, -0.1) is 11.3 Å². The van der Waals surface area contributed by atoms with Gasteiger partial charge in [0, 0.05) is 17.0 Å². The van der Waals surface area contributed by atoms with Crippen molar-refractivity contribution in [3.63, 3.8) is 0 Å². The first-order valence-corrected chi connectivity index (χ1v) is 8.61. The van der Waals surface area contributed by atoms with Crippen LogP contribution in [0.15, 0.2) is 29.2 Å². The van der Waals surface area contributed by atoms with E-state index >= 15 is 0 Å². The smallest absolute Gasteiger partial charge is 0.341 e. The summed E-state index contributed by atoms with van der Waals surface area (Å²) in [6.07, 6.45) is 1.68. The van der Waals surface area contributed by atoms with E-state index in [9.17, 15) is 24.5 Å². The van der Waals surface area contributed by atoms with Gasteiger partial charge in [0.05, 0.1) is 23.3 Å². The van der Waals surface area contributed by atoms with E-state index in [4.69, 9.17) is 4.74 Å². The van der Waals surface area contributed by atoms with E-state index in [1.807, 2.05) is 6.92 Å². The van der Waals surface area contributed by atoms with Crippen LogP contribution in [0.2, 0.25) is 0 Å². The van der Waals surface area contributed by atoms with E-state index in [0.717, 1.165) is 27.8 Å². The fourth-order valence-corrected chi connectivity index (χ4v) is 3.14. The average Bonchev–Trinajstić information content (AvgIpc) is 2.99. The average molecular weight is 379 g/mol. The highest BCUT2D eigenvalue weighted by molar-refractivity contribution is 7.16. The minimum atomic E-state index is -0.653. The number of hydrogen-bond donors (Lipinski definition) is 1. The van der Waals surface area contributed by atoms with Crippen LogP contribution in [0.4, 0.5) is 10.7 Å². The Hall–Kier alpha value is -3.01. The summed E-state index contributed by atoms with van der Waals surface area (Å²) in [6.45, 7) is 3.38. The maximum absolute atomic E-state index is 12.3. The lowest BCUT2D eigenvalue weighted by Crippen LogP contribution is -2.27. The van der Waals surface area contributed by atoms with Crippen LogP contribution in [0, 0.1) is 10.1 Å². The van der Waals surface area contributed by atoms with Gasteiger partial charge in [0.25, 0.3) is 11.2 Å². The number of ether oxygens (including phenoxy) is 1. The Labute approximate surface area is 152 Å². The summed E-state index contributed by atoms with van der Waals surface area (Å²) in [5.41, 5.74) is -0.598. The third kappa shape index (κ3) is 4.54. The van der Waals surface area contributed by atoms with E-state index in [-0.39, 0.29) is 17.9 Å². The molecule has 138 valence electrons. The van der Waals surface area contributed by atoms with Crippen LogP contribution >= 0.6 is 11.3 Å². The van der Waals surface area contributed by atoms with E-state index in [1.54, 1.807) is 13.0 Å². The number of anilines is 1. The molecule has 0 aliphatic rings. The summed E-state index contributed by atoms with van der Waals surface area (Å²) < 4.78 is 5.91. The Morgan fingerprint density at radius 1 is 1.35 bits per heavy atom. The molecule has 2 rings (SSSR count). The number of nitro groups is 1. The number of thiophene rings is 1. The second kappa shape index (κ2) is 8.39. The molecule has 1 amide bonds. The Morgan fingerprint density at radius 2 is 2.08 bits per heavy atom. The van der Waals surface area contributed by atoms with Crippen LogP contribution in [0.5, 0.6) is 0 Å². The molecule has 0 saturated heterocycles. The number of nitrogens with zero attached hydrogens (tertiary/aromatic N) is 2. The highest BCUT2D eigenvalue weighted by atomic mass is 32.1.